The van der Waals surface area contributed by atoms with Crippen LogP contribution < -0.4 is 5.32 Å². The number of amides is 2. The van der Waals surface area contributed by atoms with E-state index in [4.69, 9.17) is 39.5 Å². The van der Waals surface area contributed by atoms with Crippen LogP contribution in [0.3, 0.4) is 0 Å². The minimum atomic E-state index is -0.827. The van der Waals surface area contributed by atoms with Crippen molar-refractivity contribution in [2.24, 2.45) is 0 Å². The van der Waals surface area contributed by atoms with Crippen molar-refractivity contribution in [1.29, 1.82) is 0 Å². The van der Waals surface area contributed by atoms with Crippen molar-refractivity contribution in [3.8, 4) is 0 Å². The predicted molar refractivity (Wildman–Crippen MR) is 109 cm³/mol. The van der Waals surface area contributed by atoms with Crippen molar-refractivity contribution in [2.45, 2.75) is 12.6 Å². The van der Waals surface area contributed by atoms with E-state index in [0.29, 0.717) is 16.3 Å². The summed E-state index contributed by atoms with van der Waals surface area (Å²) in [5, 5.41) is 3.39. The maximum atomic E-state index is 12.9. The Morgan fingerprint density at radius 3 is 2.50 bits per heavy atom. The van der Waals surface area contributed by atoms with Crippen molar-refractivity contribution in [2.75, 3.05) is 13.0 Å². The van der Waals surface area contributed by atoms with E-state index < -0.39 is 18.0 Å². The first kappa shape index (κ1) is 20.5. The van der Waals surface area contributed by atoms with Gasteiger partial charge in [0.05, 0.1) is 46.9 Å². The first-order chi connectivity index (χ1) is 13.5. The Kier molecular flexibility index (Phi) is 6.50. The summed E-state index contributed by atoms with van der Waals surface area (Å²) in [4.78, 5) is 27.0. The van der Waals surface area contributed by atoms with Crippen LogP contribution in [0, 0.1) is 0 Å². The van der Waals surface area contributed by atoms with Gasteiger partial charge in [0.25, 0.3) is 0 Å². The second-order valence-corrected chi connectivity index (χ2v) is 7.14. The van der Waals surface area contributed by atoms with E-state index in [1.54, 1.807) is 18.2 Å². The van der Waals surface area contributed by atoms with Gasteiger partial charge in [-0.1, -0.05) is 65.7 Å². The summed E-state index contributed by atoms with van der Waals surface area (Å²) in [7, 11) is 1.27. The van der Waals surface area contributed by atoms with Gasteiger partial charge in [-0.3, -0.25) is 4.90 Å². The van der Waals surface area contributed by atoms with Crippen LogP contribution in [0.25, 0.3) is 0 Å². The maximum Gasteiger partial charge on any atom is 0.338 e. The second-order valence-electron chi connectivity index (χ2n) is 6.08. The largest absolute Gasteiger partial charge is 0.466 e. The molecule has 0 aliphatic carbocycles. The number of rotatable bonds is 5. The monoisotopic (exact) mass is 438 g/mol. The van der Waals surface area contributed by atoms with Crippen LogP contribution in [0.5, 0.6) is 0 Å². The minimum absolute atomic E-state index is 0.0562. The van der Waals surface area contributed by atoms with Crippen LogP contribution in [-0.2, 0) is 16.1 Å². The van der Waals surface area contributed by atoms with E-state index in [0.717, 1.165) is 5.56 Å². The average Bonchev–Trinajstić information content (AvgIpc) is 2.71. The van der Waals surface area contributed by atoms with Gasteiger partial charge in [-0.2, -0.15) is 0 Å². The number of halogens is 3. The van der Waals surface area contributed by atoms with Gasteiger partial charge in [-0.05, 0) is 17.2 Å². The lowest BCUT2D eigenvalue weighted by Crippen LogP contribution is -2.48. The highest BCUT2D eigenvalue weighted by atomic mass is 35.5. The fourth-order valence-corrected chi connectivity index (χ4v) is 3.81. The normalized spacial score (nSPS) is 16.8. The summed E-state index contributed by atoms with van der Waals surface area (Å²) < 4.78 is 4.97. The topological polar surface area (TPSA) is 58.6 Å². The molecule has 2 aromatic carbocycles. The zero-order valence-electron chi connectivity index (χ0n) is 14.9. The summed E-state index contributed by atoms with van der Waals surface area (Å²) in [6, 6.07) is 13.2. The van der Waals surface area contributed by atoms with Gasteiger partial charge in [-0.25, -0.2) is 9.59 Å². The molecule has 8 heteroatoms. The quantitative estimate of drug-likeness (QED) is 0.531. The summed E-state index contributed by atoms with van der Waals surface area (Å²) in [6.07, 6.45) is 0. The maximum absolute atomic E-state index is 12.9. The number of methoxy groups -OCH3 is 1. The van der Waals surface area contributed by atoms with E-state index in [1.807, 2.05) is 30.3 Å². The summed E-state index contributed by atoms with van der Waals surface area (Å²) in [5.74, 6) is -0.658. The Balaban J connectivity index is 2.13. The summed E-state index contributed by atoms with van der Waals surface area (Å²) >= 11 is 18.6. The molecule has 0 aromatic heterocycles. The molecule has 1 unspecified atom stereocenters. The van der Waals surface area contributed by atoms with E-state index in [-0.39, 0.29) is 23.0 Å². The van der Waals surface area contributed by atoms with Gasteiger partial charge in [0.15, 0.2) is 0 Å². The Labute approximate surface area is 177 Å². The van der Waals surface area contributed by atoms with Crippen LogP contribution in [0.15, 0.2) is 59.8 Å². The van der Waals surface area contributed by atoms with E-state index in [1.165, 1.54) is 12.0 Å². The smallest absolute Gasteiger partial charge is 0.338 e. The Bertz CT molecular complexity index is 932. The number of carbonyl (C=O) groups excluding carboxylic acids is 2. The van der Waals surface area contributed by atoms with Crippen molar-refractivity contribution < 1.29 is 14.3 Å². The van der Waals surface area contributed by atoms with Crippen LogP contribution >= 0.6 is 34.8 Å². The fraction of sp³-hybridized carbons (Fsp3) is 0.200. The van der Waals surface area contributed by atoms with Crippen molar-refractivity contribution in [3.63, 3.8) is 0 Å². The van der Waals surface area contributed by atoms with Gasteiger partial charge in [0.1, 0.15) is 0 Å². The van der Waals surface area contributed by atoms with Crippen molar-refractivity contribution in [1.82, 2.24) is 10.2 Å². The number of allylic oxidation sites excluding steroid dienone is 1. The second kappa shape index (κ2) is 8.86. The molecule has 0 spiro atoms. The van der Waals surface area contributed by atoms with Gasteiger partial charge in [0, 0.05) is 0 Å². The highest BCUT2D eigenvalue weighted by Gasteiger charge is 2.38. The van der Waals surface area contributed by atoms with E-state index >= 15 is 0 Å². The molecule has 1 N–H and O–H groups in total. The third-order valence-corrected chi connectivity index (χ3v) is 5.53. The average molecular weight is 440 g/mol. The molecule has 28 heavy (non-hydrogen) atoms. The molecule has 0 bridgehead atoms. The molecule has 2 amide bonds. The molecule has 1 aliphatic heterocycles. The van der Waals surface area contributed by atoms with Crippen LogP contribution in [-0.4, -0.2) is 29.9 Å². The number of urea groups is 1. The number of nitrogens with one attached hydrogen (secondary N) is 1. The lowest BCUT2D eigenvalue weighted by atomic mass is 9.94. The Morgan fingerprint density at radius 1 is 1.14 bits per heavy atom. The Hall–Kier alpha value is -2.21. The summed E-state index contributed by atoms with van der Waals surface area (Å²) in [5.41, 5.74) is 1.97. The van der Waals surface area contributed by atoms with Crippen molar-refractivity contribution >= 4 is 46.8 Å². The molecule has 5 nitrogen and oxygen atoms in total. The number of nitrogens with zero attached hydrogens (tertiary/aromatic N) is 1. The zero-order chi connectivity index (χ0) is 20.3. The Morgan fingerprint density at radius 2 is 1.86 bits per heavy atom. The van der Waals surface area contributed by atoms with Gasteiger partial charge >= 0.3 is 12.0 Å². The van der Waals surface area contributed by atoms with Gasteiger partial charge in [0.2, 0.25) is 0 Å². The summed E-state index contributed by atoms with van der Waals surface area (Å²) in [6.45, 7) is 0.255. The van der Waals surface area contributed by atoms with E-state index in [2.05, 4.69) is 5.32 Å². The molecule has 0 saturated heterocycles. The highest BCUT2D eigenvalue weighted by Crippen LogP contribution is 2.38. The van der Waals surface area contributed by atoms with Gasteiger partial charge < -0.3 is 10.1 Å². The number of ether oxygens (including phenoxy) is 1. The van der Waals surface area contributed by atoms with Gasteiger partial charge in [-0.15, -0.1) is 11.6 Å². The number of alkyl halides is 1. The molecule has 2 aromatic rings. The molecular weight excluding hydrogens is 423 g/mol. The SMILES string of the molecule is COC(=O)C1=C(CCl)N(Cc2ccccc2)C(=O)NC1c1cccc(Cl)c1Cl. The first-order valence-electron chi connectivity index (χ1n) is 8.41. The molecule has 1 atom stereocenters. The predicted octanol–water partition coefficient (Wildman–Crippen LogP) is 4.93. The van der Waals surface area contributed by atoms with Crippen LogP contribution in [0.2, 0.25) is 10.0 Å². The number of esters is 1. The zero-order valence-corrected chi connectivity index (χ0v) is 17.2. The van der Waals surface area contributed by atoms with Crippen LogP contribution in [0.1, 0.15) is 17.2 Å². The minimum Gasteiger partial charge on any atom is -0.466 e. The van der Waals surface area contributed by atoms with E-state index in [9.17, 15) is 9.59 Å². The van der Waals surface area contributed by atoms with Crippen molar-refractivity contribution in [3.05, 3.63) is 81.0 Å². The fourth-order valence-electron chi connectivity index (χ4n) is 3.11. The third-order valence-electron chi connectivity index (χ3n) is 4.45. The molecular formula is C20H17Cl3N2O3. The standard InChI is InChI=1S/C20H17Cl3N2O3/c1-28-19(26)16-15(10-21)25(11-12-6-3-2-4-7-12)20(27)24-18(16)13-8-5-9-14(22)17(13)23/h2-9,18H,10-11H2,1H3,(H,24,27). The lowest BCUT2D eigenvalue weighted by molar-refractivity contribution is -0.136. The van der Waals surface area contributed by atoms with Crippen LogP contribution in [0.4, 0.5) is 4.79 Å². The lowest BCUT2D eigenvalue weighted by Gasteiger charge is -2.36. The molecule has 3 rings (SSSR count). The number of carbonyl (C=O) groups is 2. The molecule has 1 aliphatic rings. The molecule has 0 saturated carbocycles. The number of benzene rings is 2. The molecule has 1 heterocycles. The number of hydrogen-bond acceptors (Lipinski definition) is 3. The number of hydrogen-bond donors (Lipinski definition) is 1. The highest BCUT2D eigenvalue weighted by molar-refractivity contribution is 6.42. The first-order valence-corrected chi connectivity index (χ1v) is 9.70. The molecule has 0 radical (unpaired) electrons. The third kappa shape index (κ3) is 3.97. The molecule has 0 fully saturated rings. The molecule has 146 valence electrons.